The van der Waals surface area contributed by atoms with E-state index in [0.717, 1.165) is 25.7 Å². The number of nitrogens with zero attached hydrogens (tertiary/aromatic N) is 2. The van der Waals surface area contributed by atoms with E-state index in [9.17, 15) is 9.90 Å². The van der Waals surface area contributed by atoms with Crippen LogP contribution in [0.4, 0.5) is 5.82 Å². The lowest BCUT2D eigenvalue weighted by molar-refractivity contribution is -0.142. The third-order valence-electron chi connectivity index (χ3n) is 3.56. The molecule has 1 aliphatic rings. The van der Waals surface area contributed by atoms with Crippen LogP contribution in [-0.4, -0.2) is 22.1 Å². The molecule has 1 saturated carbocycles. The zero-order chi connectivity index (χ0) is 13.7. The molecule has 1 aliphatic carbocycles. The van der Waals surface area contributed by atoms with Crippen LogP contribution in [0.25, 0.3) is 0 Å². The fourth-order valence-electron chi connectivity index (χ4n) is 2.51. The van der Waals surface area contributed by atoms with Gasteiger partial charge >= 0.3 is 5.97 Å². The maximum absolute atomic E-state index is 11.3. The zero-order valence-electron chi connectivity index (χ0n) is 10.7. The Labute approximate surface area is 112 Å². The lowest BCUT2D eigenvalue weighted by Gasteiger charge is -2.23. The summed E-state index contributed by atoms with van der Waals surface area (Å²) in [4.78, 5) is 15.4. The molecule has 100 valence electrons. The molecule has 1 heterocycles. The normalized spacial score (nSPS) is 23.1. The SMILES string of the molecule is N#Cc1ccc(NC2CCCCCC2C(=O)O)nc1. The first kappa shape index (κ1) is 13.3. The monoisotopic (exact) mass is 259 g/mol. The number of anilines is 1. The number of hydrogen-bond acceptors (Lipinski definition) is 4. The molecule has 2 unspecified atom stereocenters. The minimum absolute atomic E-state index is 0.0829. The van der Waals surface area contributed by atoms with Gasteiger partial charge in [0.05, 0.1) is 11.5 Å². The molecule has 0 radical (unpaired) electrons. The molecule has 0 bridgehead atoms. The second-order valence-electron chi connectivity index (χ2n) is 4.88. The van der Waals surface area contributed by atoms with Crippen LogP contribution >= 0.6 is 0 Å². The summed E-state index contributed by atoms with van der Waals surface area (Å²) >= 11 is 0. The van der Waals surface area contributed by atoms with Crippen molar-refractivity contribution in [2.75, 3.05) is 5.32 Å². The Hall–Kier alpha value is -2.09. The molecule has 2 rings (SSSR count). The summed E-state index contributed by atoms with van der Waals surface area (Å²) in [6, 6.07) is 5.33. The third-order valence-corrected chi connectivity index (χ3v) is 3.56. The van der Waals surface area contributed by atoms with E-state index in [1.807, 2.05) is 6.07 Å². The van der Waals surface area contributed by atoms with E-state index < -0.39 is 5.97 Å². The first-order valence-corrected chi connectivity index (χ1v) is 6.56. The van der Waals surface area contributed by atoms with Crippen molar-refractivity contribution < 1.29 is 9.90 Å². The first-order chi connectivity index (χ1) is 9.20. The number of carboxylic acid groups (broad SMARTS) is 1. The molecule has 0 aliphatic heterocycles. The van der Waals surface area contributed by atoms with E-state index in [2.05, 4.69) is 10.3 Å². The van der Waals surface area contributed by atoms with Gasteiger partial charge in [-0.25, -0.2) is 4.98 Å². The molecular weight excluding hydrogens is 242 g/mol. The molecule has 2 N–H and O–H groups in total. The van der Waals surface area contributed by atoms with Crippen LogP contribution in [0.15, 0.2) is 18.3 Å². The summed E-state index contributed by atoms with van der Waals surface area (Å²) in [7, 11) is 0. The van der Waals surface area contributed by atoms with Crippen molar-refractivity contribution in [2.45, 2.75) is 38.1 Å². The molecule has 1 aromatic heterocycles. The number of aliphatic carboxylic acids is 1. The maximum atomic E-state index is 11.3. The summed E-state index contributed by atoms with van der Waals surface area (Å²) in [6.45, 7) is 0. The Morgan fingerprint density at radius 1 is 1.37 bits per heavy atom. The topological polar surface area (TPSA) is 86.0 Å². The highest BCUT2D eigenvalue weighted by molar-refractivity contribution is 5.71. The second-order valence-corrected chi connectivity index (χ2v) is 4.88. The van der Waals surface area contributed by atoms with Crippen LogP contribution in [-0.2, 0) is 4.79 Å². The number of rotatable bonds is 3. The van der Waals surface area contributed by atoms with Gasteiger partial charge in [-0.3, -0.25) is 4.79 Å². The van der Waals surface area contributed by atoms with Gasteiger partial charge in [-0.15, -0.1) is 0 Å². The minimum Gasteiger partial charge on any atom is -0.481 e. The predicted molar refractivity (Wildman–Crippen MR) is 70.6 cm³/mol. The van der Waals surface area contributed by atoms with Crippen molar-refractivity contribution in [1.82, 2.24) is 4.98 Å². The van der Waals surface area contributed by atoms with Crippen LogP contribution in [0.2, 0.25) is 0 Å². The van der Waals surface area contributed by atoms with Crippen LogP contribution in [0.5, 0.6) is 0 Å². The van der Waals surface area contributed by atoms with Crippen molar-refractivity contribution in [3.8, 4) is 6.07 Å². The molecule has 5 heteroatoms. The molecule has 1 aromatic rings. The van der Waals surface area contributed by atoms with Crippen molar-refractivity contribution in [3.05, 3.63) is 23.9 Å². The average Bonchev–Trinajstić information content (AvgIpc) is 2.65. The van der Waals surface area contributed by atoms with Gasteiger partial charge in [-0.05, 0) is 25.0 Å². The predicted octanol–water partition coefficient (Wildman–Crippen LogP) is 2.40. The number of aromatic nitrogens is 1. The van der Waals surface area contributed by atoms with Gasteiger partial charge in [-0.1, -0.05) is 19.3 Å². The quantitative estimate of drug-likeness (QED) is 0.814. The number of carbonyl (C=O) groups is 1. The van der Waals surface area contributed by atoms with E-state index in [1.165, 1.54) is 6.20 Å². The third kappa shape index (κ3) is 3.44. The van der Waals surface area contributed by atoms with Gasteiger partial charge in [0.25, 0.3) is 0 Å². The van der Waals surface area contributed by atoms with Crippen molar-refractivity contribution in [2.24, 2.45) is 5.92 Å². The van der Waals surface area contributed by atoms with Gasteiger partial charge in [0.15, 0.2) is 0 Å². The van der Waals surface area contributed by atoms with Crippen LogP contribution in [0.3, 0.4) is 0 Å². The molecule has 0 saturated heterocycles. The van der Waals surface area contributed by atoms with Crippen molar-refractivity contribution >= 4 is 11.8 Å². The molecule has 5 nitrogen and oxygen atoms in total. The highest BCUT2D eigenvalue weighted by Crippen LogP contribution is 2.26. The summed E-state index contributed by atoms with van der Waals surface area (Å²) in [5.74, 6) is -0.467. The fraction of sp³-hybridized carbons (Fsp3) is 0.500. The molecule has 0 amide bonds. The lowest BCUT2D eigenvalue weighted by Crippen LogP contribution is -2.34. The van der Waals surface area contributed by atoms with Crippen LogP contribution < -0.4 is 5.32 Å². The molecule has 1 fully saturated rings. The minimum atomic E-state index is -0.743. The van der Waals surface area contributed by atoms with E-state index in [0.29, 0.717) is 17.8 Å². The van der Waals surface area contributed by atoms with Gasteiger partial charge in [0.2, 0.25) is 0 Å². The Morgan fingerprint density at radius 3 is 2.79 bits per heavy atom. The molecule has 2 atom stereocenters. The lowest BCUT2D eigenvalue weighted by atomic mass is 9.95. The standard InChI is InChI=1S/C14H17N3O2/c15-8-10-6-7-13(16-9-10)17-12-5-3-1-2-4-11(12)14(18)19/h6-7,9,11-12H,1-5H2,(H,16,17)(H,18,19). The average molecular weight is 259 g/mol. The van der Waals surface area contributed by atoms with E-state index in [-0.39, 0.29) is 12.0 Å². The highest BCUT2D eigenvalue weighted by atomic mass is 16.4. The number of carboxylic acids is 1. The zero-order valence-corrected chi connectivity index (χ0v) is 10.7. The van der Waals surface area contributed by atoms with Crippen LogP contribution in [0, 0.1) is 17.2 Å². The van der Waals surface area contributed by atoms with E-state index in [4.69, 9.17) is 5.26 Å². The molecular formula is C14H17N3O2. The Kier molecular flexibility index (Phi) is 4.35. The van der Waals surface area contributed by atoms with Gasteiger partial charge in [0, 0.05) is 12.2 Å². The molecule has 0 spiro atoms. The fourth-order valence-corrected chi connectivity index (χ4v) is 2.51. The van der Waals surface area contributed by atoms with Gasteiger partial charge in [0.1, 0.15) is 11.9 Å². The van der Waals surface area contributed by atoms with E-state index in [1.54, 1.807) is 12.1 Å². The van der Waals surface area contributed by atoms with Crippen LogP contribution in [0.1, 0.15) is 37.7 Å². The summed E-state index contributed by atoms with van der Waals surface area (Å²) in [5, 5.41) is 21.2. The Morgan fingerprint density at radius 2 is 2.16 bits per heavy atom. The van der Waals surface area contributed by atoms with Crippen molar-refractivity contribution in [1.29, 1.82) is 5.26 Å². The van der Waals surface area contributed by atoms with Gasteiger partial charge < -0.3 is 10.4 Å². The number of nitriles is 1. The first-order valence-electron chi connectivity index (χ1n) is 6.56. The van der Waals surface area contributed by atoms with Crippen molar-refractivity contribution in [3.63, 3.8) is 0 Å². The summed E-state index contributed by atoms with van der Waals surface area (Å²) in [5.41, 5.74) is 0.501. The number of pyridine rings is 1. The summed E-state index contributed by atoms with van der Waals surface area (Å²) < 4.78 is 0. The Bertz CT molecular complexity index is 478. The largest absolute Gasteiger partial charge is 0.481 e. The van der Waals surface area contributed by atoms with E-state index >= 15 is 0 Å². The molecule has 19 heavy (non-hydrogen) atoms. The second kappa shape index (κ2) is 6.19. The highest BCUT2D eigenvalue weighted by Gasteiger charge is 2.29. The van der Waals surface area contributed by atoms with Gasteiger partial charge in [-0.2, -0.15) is 5.26 Å². The summed E-state index contributed by atoms with van der Waals surface area (Å²) in [6.07, 6.45) is 6.15. The smallest absolute Gasteiger partial charge is 0.308 e. The number of nitrogens with one attached hydrogen (secondary N) is 1. The molecule has 0 aromatic carbocycles. The Balaban J connectivity index is 2.09. The maximum Gasteiger partial charge on any atom is 0.308 e. The number of hydrogen-bond donors (Lipinski definition) is 2.